The Bertz CT molecular complexity index is 1380. The minimum absolute atomic E-state index is 0.00830. The number of hydrogen-bond acceptors (Lipinski definition) is 5. The molecule has 1 fully saturated rings. The van der Waals surface area contributed by atoms with Gasteiger partial charge >= 0.3 is 6.03 Å². The van der Waals surface area contributed by atoms with Crippen molar-refractivity contribution in [3.05, 3.63) is 95.2 Å². The van der Waals surface area contributed by atoms with Crippen molar-refractivity contribution in [2.75, 3.05) is 18.5 Å². The summed E-state index contributed by atoms with van der Waals surface area (Å²) in [6.45, 7) is 1.52. The van der Waals surface area contributed by atoms with Crippen LogP contribution in [-0.2, 0) is 16.2 Å². The lowest BCUT2D eigenvalue weighted by Gasteiger charge is -2.13. The Hall–Kier alpha value is -4.73. The summed E-state index contributed by atoms with van der Waals surface area (Å²) in [6.07, 6.45) is 1.43. The smallest absolute Gasteiger partial charge is 0.329 e. The molecule has 1 heterocycles. The molecule has 1 aliphatic heterocycles. The average Bonchev–Trinajstić information content (AvgIpc) is 3.13. The number of imide groups is 1. The number of para-hydroxylation sites is 1. The van der Waals surface area contributed by atoms with Gasteiger partial charge in [-0.1, -0.05) is 36.4 Å². The molecule has 0 saturated carbocycles. The molecule has 37 heavy (non-hydrogen) atoms. The zero-order chi connectivity index (χ0) is 26.4. The first-order valence-corrected chi connectivity index (χ1v) is 11.4. The Kier molecular flexibility index (Phi) is 7.77. The van der Waals surface area contributed by atoms with E-state index in [-0.39, 0.29) is 23.8 Å². The molecule has 1 saturated heterocycles. The average molecular weight is 507 g/mol. The Labute approximate surface area is 211 Å². The summed E-state index contributed by atoms with van der Waals surface area (Å²) in [5, 5.41) is 4.77. The van der Waals surface area contributed by atoms with Crippen molar-refractivity contribution in [1.29, 1.82) is 0 Å². The third-order valence-electron chi connectivity index (χ3n) is 5.33. The quantitative estimate of drug-likeness (QED) is 0.329. The molecule has 3 aromatic rings. The third-order valence-corrected chi connectivity index (χ3v) is 5.33. The summed E-state index contributed by atoms with van der Waals surface area (Å²) in [7, 11) is 0. The minimum Gasteiger partial charge on any atom is -0.490 e. The van der Waals surface area contributed by atoms with Crippen LogP contribution in [0.1, 0.15) is 18.1 Å². The van der Waals surface area contributed by atoms with Crippen molar-refractivity contribution >= 4 is 29.6 Å². The topological polar surface area (TPSA) is 97.0 Å². The molecule has 1 aliphatic rings. The van der Waals surface area contributed by atoms with Crippen LogP contribution >= 0.6 is 0 Å². The van der Waals surface area contributed by atoms with Crippen LogP contribution < -0.4 is 20.1 Å². The largest absolute Gasteiger partial charge is 0.490 e. The maximum Gasteiger partial charge on any atom is 0.329 e. The molecular weight excluding hydrogens is 484 g/mol. The summed E-state index contributed by atoms with van der Waals surface area (Å²) in [4.78, 5) is 38.1. The Balaban J connectivity index is 1.46. The van der Waals surface area contributed by atoms with Crippen LogP contribution in [0.2, 0.25) is 0 Å². The molecule has 0 aromatic heterocycles. The second-order valence-corrected chi connectivity index (χ2v) is 7.93. The number of benzene rings is 3. The number of hydrogen-bond donors (Lipinski definition) is 2. The maximum absolute atomic E-state index is 13.9. The SMILES string of the molecule is CCOc1cc(/C=C2/NC(=O)N(CC(=O)Nc3ccccc3F)C2=O)ccc1OCc1ccccc1F. The summed E-state index contributed by atoms with van der Waals surface area (Å²) in [6, 6.07) is 15.9. The van der Waals surface area contributed by atoms with Crippen molar-refractivity contribution < 1.29 is 32.6 Å². The molecule has 4 rings (SSSR count). The standard InChI is InChI=1S/C27H23F2N3O5/c1-2-36-24-14-17(11-12-23(24)37-16-18-7-3-4-8-19(18)28)13-22-26(34)32(27(35)31-22)15-25(33)30-21-10-6-5-9-20(21)29/h3-14H,2,15-16H2,1H3,(H,30,33)(H,31,35)/b22-13+. The van der Waals surface area contributed by atoms with Crippen LogP contribution in [0.15, 0.2) is 72.4 Å². The molecule has 4 amide bonds. The van der Waals surface area contributed by atoms with Crippen molar-refractivity contribution in [2.24, 2.45) is 0 Å². The van der Waals surface area contributed by atoms with E-state index in [9.17, 15) is 23.2 Å². The number of halogens is 2. The van der Waals surface area contributed by atoms with Gasteiger partial charge in [0.1, 0.15) is 30.5 Å². The monoisotopic (exact) mass is 507 g/mol. The van der Waals surface area contributed by atoms with Crippen molar-refractivity contribution in [3.8, 4) is 11.5 Å². The van der Waals surface area contributed by atoms with Gasteiger partial charge in [-0.15, -0.1) is 0 Å². The van der Waals surface area contributed by atoms with Crippen molar-refractivity contribution in [2.45, 2.75) is 13.5 Å². The lowest BCUT2D eigenvalue weighted by Crippen LogP contribution is -2.38. The van der Waals surface area contributed by atoms with Crippen LogP contribution in [-0.4, -0.2) is 35.9 Å². The molecule has 0 atom stereocenters. The van der Waals surface area contributed by atoms with Crippen molar-refractivity contribution in [1.82, 2.24) is 10.2 Å². The van der Waals surface area contributed by atoms with Crippen LogP contribution in [0.3, 0.4) is 0 Å². The Morgan fingerprint density at radius 2 is 1.70 bits per heavy atom. The third kappa shape index (κ3) is 6.10. The van der Waals surface area contributed by atoms with E-state index in [1.807, 2.05) is 0 Å². The molecule has 0 bridgehead atoms. The van der Waals surface area contributed by atoms with Gasteiger partial charge in [-0.05, 0) is 48.9 Å². The number of ether oxygens (including phenoxy) is 2. The van der Waals surface area contributed by atoms with Gasteiger partial charge in [-0.3, -0.25) is 9.59 Å². The van der Waals surface area contributed by atoms with E-state index < -0.39 is 30.2 Å². The molecular formula is C27H23F2N3O5. The zero-order valence-electron chi connectivity index (χ0n) is 19.8. The van der Waals surface area contributed by atoms with Crippen molar-refractivity contribution in [3.63, 3.8) is 0 Å². The van der Waals surface area contributed by atoms with Gasteiger partial charge in [-0.25, -0.2) is 18.5 Å². The lowest BCUT2D eigenvalue weighted by molar-refractivity contribution is -0.127. The van der Waals surface area contributed by atoms with E-state index in [1.165, 1.54) is 30.3 Å². The second kappa shape index (κ2) is 11.3. The van der Waals surface area contributed by atoms with Gasteiger partial charge in [-0.2, -0.15) is 0 Å². The van der Waals surface area contributed by atoms with Gasteiger partial charge < -0.3 is 20.1 Å². The van der Waals surface area contributed by atoms with Crippen LogP contribution in [0.4, 0.5) is 19.3 Å². The highest BCUT2D eigenvalue weighted by Gasteiger charge is 2.35. The molecule has 0 aliphatic carbocycles. The summed E-state index contributed by atoms with van der Waals surface area (Å²) >= 11 is 0. The number of anilines is 1. The molecule has 0 unspecified atom stereocenters. The zero-order valence-corrected chi connectivity index (χ0v) is 19.8. The molecule has 3 aromatic carbocycles. The fourth-order valence-electron chi connectivity index (χ4n) is 3.55. The molecule has 8 nitrogen and oxygen atoms in total. The molecule has 0 radical (unpaired) electrons. The molecule has 2 N–H and O–H groups in total. The van der Waals surface area contributed by atoms with E-state index in [1.54, 1.807) is 49.4 Å². The summed E-state index contributed by atoms with van der Waals surface area (Å²) in [5.74, 6) is -1.73. The first-order valence-electron chi connectivity index (χ1n) is 11.4. The minimum atomic E-state index is -0.783. The predicted molar refractivity (Wildman–Crippen MR) is 132 cm³/mol. The number of nitrogens with zero attached hydrogens (tertiary/aromatic N) is 1. The first kappa shape index (κ1) is 25.4. The second-order valence-electron chi connectivity index (χ2n) is 7.93. The number of amides is 4. The fourth-order valence-corrected chi connectivity index (χ4v) is 3.55. The number of carbonyl (C=O) groups is 3. The Morgan fingerprint density at radius 1 is 0.973 bits per heavy atom. The van der Waals surface area contributed by atoms with E-state index in [0.29, 0.717) is 29.2 Å². The lowest BCUT2D eigenvalue weighted by atomic mass is 10.1. The van der Waals surface area contributed by atoms with Gasteiger partial charge in [0.15, 0.2) is 11.5 Å². The number of rotatable bonds is 9. The van der Waals surface area contributed by atoms with E-state index >= 15 is 0 Å². The van der Waals surface area contributed by atoms with E-state index in [4.69, 9.17) is 9.47 Å². The number of carbonyl (C=O) groups excluding carboxylic acids is 3. The summed E-state index contributed by atoms with van der Waals surface area (Å²) < 4.78 is 39.0. The highest BCUT2D eigenvalue weighted by molar-refractivity contribution is 6.16. The van der Waals surface area contributed by atoms with Crippen LogP contribution in [0, 0.1) is 11.6 Å². The highest BCUT2D eigenvalue weighted by Crippen LogP contribution is 2.30. The summed E-state index contributed by atoms with van der Waals surface area (Å²) in [5.41, 5.74) is 0.791. The molecule has 190 valence electrons. The highest BCUT2D eigenvalue weighted by atomic mass is 19.1. The maximum atomic E-state index is 13.9. The fraction of sp³-hybridized carbons (Fsp3) is 0.148. The Morgan fingerprint density at radius 3 is 2.43 bits per heavy atom. The predicted octanol–water partition coefficient (Wildman–Crippen LogP) is 4.47. The molecule has 10 heteroatoms. The number of urea groups is 1. The van der Waals surface area contributed by atoms with Gasteiger partial charge in [0.05, 0.1) is 12.3 Å². The van der Waals surface area contributed by atoms with E-state index in [2.05, 4.69) is 10.6 Å². The normalized spacial score (nSPS) is 14.0. The number of nitrogens with one attached hydrogen (secondary N) is 2. The van der Waals surface area contributed by atoms with Gasteiger partial charge in [0.2, 0.25) is 5.91 Å². The first-order chi connectivity index (χ1) is 17.9. The van der Waals surface area contributed by atoms with Crippen LogP contribution in [0.5, 0.6) is 11.5 Å². The molecule has 0 spiro atoms. The van der Waals surface area contributed by atoms with E-state index in [0.717, 1.165) is 4.90 Å². The van der Waals surface area contributed by atoms with Gasteiger partial charge in [0, 0.05) is 5.56 Å². The van der Waals surface area contributed by atoms with Gasteiger partial charge in [0.25, 0.3) is 5.91 Å². The van der Waals surface area contributed by atoms with Crippen LogP contribution in [0.25, 0.3) is 6.08 Å².